The number of imidazole rings is 1. The second-order valence-electron chi connectivity index (χ2n) is 16.8. The van der Waals surface area contributed by atoms with E-state index < -0.39 is 11.9 Å². The summed E-state index contributed by atoms with van der Waals surface area (Å²) in [5.74, 6) is -0.287. The van der Waals surface area contributed by atoms with E-state index in [0.29, 0.717) is 48.7 Å². The van der Waals surface area contributed by atoms with Gasteiger partial charge in [0.15, 0.2) is 0 Å². The number of nitrogens with one attached hydrogen (secondary N) is 3. The first-order chi connectivity index (χ1) is 27.7. The van der Waals surface area contributed by atoms with Crippen molar-refractivity contribution in [1.29, 1.82) is 0 Å². The van der Waals surface area contributed by atoms with E-state index in [2.05, 4.69) is 21.0 Å². The Morgan fingerprint density at radius 2 is 1.66 bits per heavy atom. The molecule has 0 bridgehead atoms. The summed E-state index contributed by atoms with van der Waals surface area (Å²) in [6, 6.07) is 8.95. The summed E-state index contributed by atoms with van der Waals surface area (Å²) in [7, 11) is 5.04. The van der Waals surface area contributed by atoms with Crippen molar-refractivity contribution in [3.05, 3.63) is 63.5 Å². The normalized spacial score (nSPS) is 18.5. The molecular weight excluding hydrogens is 743 g/mol. The Labute approximate surface area is 339 Å². The van der Waals surface area contributed by atoms with Crippen molar-refractivity contribution in [3.8, 4) is 0 Å². The van der Waals surface area contributed by atoms with E-state index >= 15 is 0 Å². The molecule has 16 heteroatoms. The van der Waals surface area contributed by atoms with Gasteiger partial charge in [-0.1, -0.05) is 38.2 Å². The van der Waals surface area contributed by atoms with Crippen LogP contribution in [-0.2, 0) is 51.7 Å². The molecule has 1 unspecified atom stereocenters. The smallest absolute Gasteiger partial charge is 0.407 e. The first kappa shape index (κ1) is 42.4. The first-order valence-corrected chi connectivity index (χ1v) is 20.6. The molecule has 6 rings (SSSR count). The van der Waals surface area contributed by atoms with Crippen LogP contribution < -0.4 is 21.6 Å². The Bertz CT molecular complexity index is 2170. The Morgan fingerprint density at radius 3 is 2.38 bits per heavy atom. The van der Waals surface area contributed by atoms with E-state index in [4.69, 9.17) is 14.6 Å². The van der Waals surface area contributed by atoms with Crippen LogP contribution in [0.25, 0.3) is 11.0 Å². The number of carbonyl (C=O) groups excluding carboxylic acids is 4. The van der Waals surface area contributed by atoms with Gasteiger partial charge in [-0.15, -0.1) is 0 Å². The van der Waals surface area contributed by atoms with Crippen LogP contribution in [0.4, 0.5) is 10.6 Å². The maximum absolute atomic E-state index is 13.2. The van der Waals surface area contributed by atoms with Gasteiger partial charge in [0.1, 0.15) is 23.7 Å². The zero-order valence-electron chi connectivity index (χ0n) is 34.8. The van der Waals surface area contributed by atoms with Gasteiger partial charge in [-0.3, -0.25) is 33.5 Å². The lowest BCUT2D eigenvalue weighted by atomic mass is 10.0. The molecule has 1 aliphatic heterocycles. The summed E-state index contributed by atoms with van der Waals surface area (Å²) in [5.41, 5.74) is 4.00. The predicted octanol–water partition coefficient (Wildman–Crippen LogP) is 5.74. The topological polar surface area (TPSA) is 185 Å². The van der Waals surface area contributed by atoms with Crippen LogP contribution in [0.2, 0.25) is 0 Å². The fourth-order valence-electron chi connectivity index (χ4n) is 8.17. The third kappa shape index (κ3) is 10.1. The number of imide groups is 1. The lowest BCUT2D eigenvalue weighted by Gasteiger charge is -2.22. The molecule has 16 nitrogen and oxygen atoms in total. The minimum Gasteiger partial charge on any atom is -0.446 e. The quantitative estimate of drug-likeness (QED) is 0.0885. The largest absolute Gasteiger partial charge is 0.446 e. The van der Waals surface area contributed by atoms with Crippen LogP contribution in [0.1, 0.15) is 137 Å². The van der Waals surface area contributed by atoms with Crippen LogP contribution >= 0.6 is 0 Å². The highest BCUT2D eigenvalue weighted by molar-refractivity contribution is 6.02. The predicted molar refractivity (Wildman–Crippen MR) is 219 cm³/mol. The average molecular weight is 802 g/mol. The number of piperidine rings is 1. The molecule has 3 N–H and O–H groups in total. The summed E-state index contributed by atoms with van der Waals surface area (Å²) in [4.78, 5) is 63.0. The molecular formula is C42H59N9O7. The van der Waals surface area contributed by atoms with Gasteiger partial charge >= 0.3 is 11.8 Å². The van der Waals surface area contributed by atoms with Crippen molar-refractivity contribution in [1.82, 2.24) is 39.3 Å². The summed E-state index contributed by atoms with van der Waals surface area (Å²) < 4.78 is 17.4. The number of amides is 4. The zero-order valence-corrected chi connectivity index (χ0v) is 34.8. The van der Waals surface area contributed by atoms with Gasteiger partial charge < -0.3 is 20.1 Å². The highest BCUT2D eigenvalue weighted by Crippen LogP contribution is 2.37. The highest BCUT2D eigenvalue weighted by Gasteiger charge is 2.33. The van der Waals surface area contributed by atoms with Crippen LogP contribution in [0, 0.1) is 0 Å². The third-order valence-corrected chi connectivity index (χ3v) is 11.2. The van der Waals surface area contributed by atoms with Gasteiger partial charge in [0.25, 0.3) is 5.91 Å². The Kier molecular flexibility index (Phi) is 13.6. The van der Waals surface area contributed by atoms with Crippen LogP contribution in [0.3, 0.4) is 0 Å². The van der Waals surface area contributed by atoms with Crippen molar-refractivity contribution in [2.75, 3.05) is 19.0 Å². The van der Waals surface area contributed by atoms with Gasteiger partial charge in [-0.05, 0) is 89.5 Å². The molecule has 1 saturated heterocycles. The van der Waals surface area contributed by atoms with Crippen molar-refractivity contribution in [3.63, 3.8) is 0 Å². The highest BCUT2D eigenvalue weighted by atomic mass is 16.6. The molecule has 3 atom stereocenters. The van der Waals surface area contributed by atoms with Crippen LogP contribution in [0.15, 0.2) is 35.1 Å². The summed E-state index contributed by atoms with van der Waals surface area (Å²) in [6.07, 6.45) is 10.6. The number of rotatable bonds is 17. The summed E-state index contributed by atoms with van der Waals surface area (Å²) >= 11 is 0. The summed E-state index contributed by atoms with van der Waals surface area (Å²) in [6.45, 7) is 7.01. The Morgan fingerprint density at radius 1 is 0.914 bits per heavy atom. The van der Waals surface area contributed by atoms with Crippen LogP contribution in [-0.4, -0.2) is 72.3 Å². The molecule has 4 amide bonds. The molecule has 1 aromatic carbocycles. The van der Waals surface area contributed by atoms with E-state index in [1.165, 1.54) is 4.57 Å². The van der Waals surface area contributed by atoms with Gasteiger partial charge in [0, 0.05) is 46.2 Å². The lowest BCUT2D eigenvalue weighted by Crippen LogP contribution is -2.44. The second kappa shape index (κ2) is 18.6. The van der Waals surface area contributed by atoms with Gasteiger partial charge in [-0.2, -0.15) is 10.2 Å². The second-order valence-corrected chi connectivity index (χ2v) is 16.8. The number of hydrogen-bond acceptors (Lipinski definition) is 9. The number of carbonyl (C=O) groups is 4. The molecule has 314 valence electrons. The minimum absolute atomic E-state index is 0.112. The number of hydrogen-bond donors (Lipinski definition) is 3. The fourth-order valence-corrected chi connectivity index (χ4v) is 8.17. The molecule has 0 spiro atoms. The van der Waals surface area contributed by atoms with Crippen molar-refractivity contribution < 1.29 is 28.7 Å². The number of benzene rings is 1. The number of unbranched alkanes of at least 4 members (excludes halogenated alkanes) is 6. The molecule has 4 aromatic rings. The molecule has 4 heterocycles. The Balaban J connectivity index is 0.861. The average Bonchev–Trinajstić information content (AvgIpc) is 3.95. The van der Waals surface area contributed by atoms with Crippen molar-refractivity contribution >= 4 is 40.7 Å². The van der Waals surface area contributed by atoms with Crippen molar-refractivity contribution in [2.45, 2.75) is 134 Å². The third-order valence-electron chi connectivity index (χ3n) is 11.2. The summed E-state index contributed by atoms with van der Waals surface area (Å²) in [5, 5.41) is 17.6. The molecule has 1 saturated carbocycles. The van der Waals surface area contributed by atoms with Crippen LogP contribution in [0.5, 0.6) is 0 Å². The monoisotopic (exact) mass is 801 g/mol. The number of nitrogens with zero attached hydrogens (tertiary/aromatic N) is 6. The minimum atomic E-state index is -0.679. The SMILES string of the molecule is COCc1cc(C(=O)Nc2cc([C@H]3CC[C@@H](OC(=O)NCCCCCCCCCc4ccc5c(c4)n(C)c(=O)n5C4CCC(=O)NC4=O)C3)nn2C(C)(C)C)n(C)n1. The number of methoxy groups -OCH3 is 1. The number of aromatic nitrogens is 6. The first-order valence-electron chi connectivity index (χ1n) is 20.6. The molecule has 0 radical (unpaired) electrons. The Hall–Kier alpha value is -5.25. The standard InChI is InChI=1S/C42H59N9O7/c1-42(2,3)51-36(44-39(54)35-24-29(26-57-6)46-49(35)5)25-31(47-51)28-16-17-30(23-28)58-40(55)43-21-13-11-9-7-8-10-12-14-27-15-18-32-34(22-27)48(4)41(56)50(32)33-19-20-37(52)45-38(33)53/h15,18,22,24-25,28,30,33H,7-14,16-17,19-21,23,26H2,1-6H3,(H,43,55)(H,44,54)(H,45,52,53)/t28-,30+,33?/m0/s1. The van der Waals surface area contributed by atoms with E-state index in [1.807, 2.05) is 49.7 Å². The molecule has 1 aliphatic carbocycles. The fraction of sp³-hybridized carbons (Fsp3) is 0.595. The molecule has 3 aromatic heterocycles. The number of anilines is 1. The zero-order chi connectivity index (χ0) is 41.6. The molecule has 58 heavy (non-hydrogen) atoms. The van der Waals surface area contributed by atoms with E-state index in [9.17, 15) is 24.0 Å². The van der Waals surface area contributed by atoms with E-state index in [-0.39, 0.29) is 47.6 Å². The molecule has 2 aliphatic rings. The lowest BCUT2D eigenvalue weighted by molar-refractivity contribution is -0.135. The van der Waals surface area contributed by atoms with E-state index in [0.717, 1.165) is 81.0 Å². The van der Waals surface area contributed by atoms with Crippen molar-refractivity contribution in [2.24, 2.45) is 14.1 Å². The van der Waals surface area contributed by atoms with E-state index in [1.54, 1.807) is 36.5 Å². The van der Waals surface area contributed by atoms with Gasteiger partial charge in [-0.25, -0.2) is 14.3 Å². The maximum Gasteiger partial charge on any atom is 0.407 e. The number of aryl methyl sites for hydroxylation is 3. The number of fused-ring (bicyclic) bond motifs is 1. The molecule has 2 fully saturated rings. The maximum atomic E-state index is 13.2. The number of ether oxygens (including phenoxy) is 2. The number of alkyl carbamates (subject to hydrolysis) is 1. The van der Waals surface area contributed by atoms with Gasteiger partial charge in [0.2, 0.25) is 11.8 Å². The van der Waals surface area contributed by atoms with Gasteiger partial charge in [0.05, 0.1) is 34.6 Å².